The Bertz CT molecular complexity index is 264. The van der Waals surface area contributed by atoms with Gasteiger partial charge >= 0.3 is 0 Å². The summed E-state index contributed by atoms with van der Waals surface area (Å²) in [6.07, 6.45) is 8.58. The quantitative estimate of drug-likeness (QED) is 0.822. The number of nitrogens with two attached hydrogens (primary N) is 1. The Hall–Kier alpha value is -0.120. The van der Waals surface area contributed by atoms with Crippen LogP contribution in [0.4, 0.5) is 0 Å². The van der Waals surface area contributed by atoms with Crippen LogP contribution in [0.25, 0.3) is 0 Å². The minimum atomic E-state index is 0.154. The van der Waals surface area contributed by atoms with Crippen molar-refractivity contribution in [2.24, 2.45) is 5.73 Å². The molecule has 1 saturated carbocycles. The van der Waals surface area contributed by atoms with Crippen molar-refractivity contribution < 1.29 is 4.84 Å². The molecule has 2 aliphatic rings. The number of hydroxylamine groups is 2. The molecule has 0 unspecified atom stereocenters. The Morgan fingerprint density at radius 2 is 1.44 bits per heavy atom. The molecule has 0 radical (unpaired) electrons. The van der Waals surface area contributed by atoms with E-state index in [2.05, 4.69) is 32.8 Å². The third kappa shape index (κ3) is 3.06. The maximum absolute atomic E-state index is 6.39. The molecule has 3 heteroatoms. The van der Waals surface area contributed by atoms with Gasteiger partial charge in [-0.05, 0) is 72.6 Å². The van der Waals surface area contributed by atoms with Gasteiger partial charge in [-0.15, -0.1) is 0 Å². The average molecular weight is 254 g/mol. The Morgan fingerprint density at radius 1 is 0.944 bits per heavy atom. The molecule has 1 aliphatic heterocycles. The van der Waals surface area contributed by atoms with Crippen LogP contribution in [0.2, 0.25) is 0 Å². The fraction of sp³-hybridized carbons (Fsp3) is 1.00. The van der Waals surface area contributed by atoms with E-state index in [1.54, 1.807) is 0 Å². The summed E-state index contributed by atoms with van der Waals surface area (Å²) in [6.45, 7) is 9.23. The summed E-state index contributed by atoms with van der Waals surface area (Å²) < 4.78 is 0. The Labute approximate surface area is 112 Å². The van der Waals surface area contributed by atoms with Crippen molar-refractivity contribution in [2.75, 3.05) is 0 Å². The molecule has 1 heterocycles. The third-order valence-corrected chi connectivity index (χ3v) is 4.65. The number of piperidine rings is 1. The van der Waals surface area contributed by atoms with Gasteiger partial charge in [0.2, 0.25) is 0 Å². The minimum Gasteiger partial charge on any atom is -0.328 e. The van der Waals surface area contributed by atoms with Crippen molar-refractivity contribution in [3.63, 3.8) is 0 Å². The highest BCUT2D eigenvalue weighted by Crippen LogP contribution is 2.39. The van der Waals surface area contributed by atoms with Gasteiger partial charge in [-0.1, -0.05) is 0 Å². The van der Waals surface area contributed by atoms with Crippen molar-refractivity contribution in [3.05, 3.63) is 0 Å². The Balaban J connectivity index is 2.00. The fourth-order valence-electron chi connectivity index (χ4n) is 3.60. The number of hydrogen-bond donors (Lipinski definition) is 1. The van der Waals surface area contributed by atoms with Gasteiger partial charge in [-0.2, -0.15) is 5.06 Å². The van der Waals surface area contributed by atoms with E-state index in [9.17, 15) is 0 Å². The lowest BCUT2D eigenvalue weighted by Crippen LogP contribution is -2.59. The van der Waals surface area contributed by atoms with Gasteiger partial charge in [0.15, 0.2) is 0 Å². The van der Waals surface area contributed by atoms with E-state index in [0.717, 1.165) is 25.7 Å². The molecule has 0 aromatic heterocycles. The number of nitrogens with zero attached hydrogens (tertiary/aromatic N) is 1. The second-order valence-corrected chi connectivity index (χ2v) is 7.41. The summed E-state index contributed by atoms with van der Waals surface area (Å²) in [5, 5.41) is 2.30. The molecule has 0 spiro atoms. The van der Waals surface area contributed by atoms with Gasteiger partial charge in [0.05, 0.1) is 6.10 Å². The zero-order valence-corrected chi connectivity index (χ0v) is 12.5. The van der Waals surface area contributed by atoms with Crippen LogP contribution in [-0.4, -0.2) is 28.3 Å². The largest absolute Gasteiger partial charge is 0.328 e. The first-order valence-electron chi connectivity index (χ1n) is 7.54. The van der Waals surface area contributed by atoms with Gasteiger partial charge in [-0.3, -0.25) is 4.84 Å². The third-order valence-electron chi connectivity index (χ3n) is 4.65. The second kappa shape index (κ2) is 5.10. The molecule has 106 valence electrons. The molecule has 2 fully saturated rings. The maximum Gasteiger partial charge on any atom is 0.0795 e. The molecule has 18 heavy (non-hydrogen) atoms. The van der Waals surface area contributed by atoms with Crippen LogP contribution < -0.4 is 5.73 Å². The molecule has 0 amide bonds. The lowest BCUT2D eigenvalue weighted by molar-refractivity contribution is -0.308. The van der Waals surface area contributed by atoms with E-state index in [0.29, 0.717) is 12.1 Å². The van der Waals surface area contributed by atoms with E-state index in [1.807, 2.05) is 0 Å². The minimum absolute atomic E-state index is 0.154. The molecule has 1 saturated heterocycles. The summed E-state index contributed by atoms with van der Waals surface area (Å²) >= 11 is 0. The lowest BCUT2D eigenvalue weighted by Gasteiger charge is -2.52. The van der Waals surface area contributed by atoms with Gasteiger partial charge in [0.1, 0.15) is 0 Å². The van der Waals surface area contributed by atoms with Crippen LogP contribution in [0.5, 0.6) is 0 Å². The zero-order valence-electron chi connectivity index (χ0n) is 12.5. The summed E-state index contributed by atoms with van der Waals surface area (Å²) in [7, 11) is 0. The zero-order chi connectivity index (χ0) is 13.4. The molecule has 0 aromatic carbocycles. The maximum atomic E-state index is 6.39. The van der Waals surface area contributed by atoms with Gasteiger partial charge < -0.3 is 5.73 Å². The Kier molecular flexibility index (Phi) is 4.05. The van der Waals surface area contributed by atoms with Crippen LogP contribution in [0.15, 0.2) is 0 Å². The lowest BCUT2D eigenvalue weighted by atomic mass is 9.82. The average Bonchev–Trinajstić information content (AvgIpc) is 2.25. The first-order chi connectivity index (χ1) is 8.31. The predicted octanol–water partition coefficient (Wildman–Crippen LogP) is 3.23. The highest BCUT2D eigenvalue weighted by atomic mass is 16.7. The van der Waals surface area contributed by atoms with Crippen molar-refractivity contribution in [1.29, 1.82) is 0 Å². The molecular weight excluding hydrogens is 224 g/mol. The second-order valence-electron chi connectivity index (χ2n) is 7.41. The fourth-order valence-corrected chi connectivity index (χ4v) is 3.60. The molecule has 0 bridgehead atoms. The van der Waals surface area contributed by atoms with Gasteiger partial charge in [-0.25, -0.2) is 0 Å². The van der Waals surface area contributed by atoms with Crippen LogP contribution in [-0.2, 0) is 4.84 Å². The predicted molar refractivity (Wildman–Crippen MR) is 75.2 cm³/mol. The van der Waals surface area contributed by atoms with Crippen molar-refractivity contribution in [1.82, 2.24) is 5.06 Å². The van der Waals surface area contributed by atoms with E-state index in [-0.39, 0.29) is 11.1 Å². The van der Waals surface area contributed by atoms with E-state index < -0.39 is 0 Å². The normalized spacial score (nSPS) is 36.5. The molecule has 2 rings (SSSR count). The van der Waals surface area contributed by atoms with Crippen LogP contribution in [0.1, 0.15) is 72.6 Å². The van der Waals surface area contributed by atoms with Crippen LogP contribution in [0.3, 0.4) is 0 Å². The summed E-state index contributed by atoms with van der Waals surface area (Å²) in [5.41, 5.74) is 6.28. The highest BCUT2D eigenvalue weighted by molar-refractivity contribution is 4.93. The van der Waals surface area contributed by atoms with E-state index in [1.165, 1.54) is 19.3 Å². The van der Waals surface area contributed by atoms with Crippen LogP contribution >= 0.6 is 0 Å². The summed E-state index contributed by atoms with van der Waals surface area (Å²) in [5.74, 6) is 0. The molecule has 0 atom stereocenters. The van der Waals surface area contributed by atoms with Gasteiger partial charge in [0.25, 0.3) is 0 Å². The van der Waals surface area contributed by atoms with Gasteiger partial charge in [0, 0.05) is 17.1 Å². The topological polar surface area (TPSA) is 38.5 Å². The van der Waals surface area contributed by atoms with Crippen molar-refractivity contribution in [2.45, 2.75) is 95.9 Å². The first kappa shape index (κ1) is 14.3. The molecule has 2 N–H and O–H groups in total. The van der Waals surface area contributed by atoms with Crippen molar-refractivity contribution >= 4 is 0 Å². The molecule has 0 aromatic rings. The van der Waals surface area contributed by atoms with E-state index >= 15 is 0 Å². The smallest absolute Gasteiger partial charge is 0.0795 e. The molecule has 3 nitrogen and oxygen atoms in total. The SMILES string of the molecule is CC1(C)CCCC(C)(C)N1OC1CCC(N)CC1. The van der Waals surface area contributed by atoms with E-state index in [4.69, 9.17) is 10.6 Å². The van der Waals surface area contributed by atoms with Crippen LogP contribution in [0, 0.1) is 0 Å². The standard InChI is InChI=1S/C15H30N2O/c1-14(2)10-5-11-15(3,4)17(14)18-13-8-6-12(16)7-9-13/h12-13H,5-11,16H2,1-4H3. The monoisotopic (exact) mass is 254 g/mol. The Morgan fingerprint density at radius 3 is 1.94 bits per heavy atom. The summed E-state index contributed by atoms with van der Waals surface area (Å²) in [4.78, 5) is 6.39. The highest BCUT2D eigenvalue weighted by Gasteiger charge is 2.43. The van der Waals surface area contributed by atoms with Crippen molar-refractivity contribution in [3.8, 4) is 0 Å². The number of hydrogen-bond acceptors (Lipinski definition) is 3. The molecular formula is C15H30N2O. The first-order valence-corrected chi connectivity index (χ1v) is 7.54. The molecule has 1 aliphatic carbocycles. The summed E-state index contributed by atoms with van der Waals surface area (Å²) in [6, 6.07) is 0.396. The number of rotatable bonds is 2.